The third kappa shape index (κ3) is 4.09. The third-order valence-corrected chi connectivity index (χ3v) is 5.29. The van der Waals surface area contributed by atoms with Gasteiger partial charge in [-0.3, -0.25) is 14.5 Å². The summed E-state index contributed by atoms with van der Waals surface area (Å²) in [5, 5.41) is 9.31. The zero-order chi connectivity index (χ0) is 21.3. The lowest BCUT2D eigenvalue weighted by Crippen LogP contribution is -2.49. The highest BCUT2D eigenvalue weighted by Gasteiger charge is 2.23. The van der Waals surface area contributed by atoms with Gasteiger partial charge in [-0.25, -0.2) is 9.18 Å². The number of aromatic carboxylic acids is 1. The minimum atomic E-state index is -1.33. The molecule has 9 heteroatoms. The minimum absolute atomic E-state index is 0.0246. The SMILES string of the molecule is CCn1cc(C(=O)O)c(=O)c2cc(F)c(N3CCN(CC(=O)N(C)C)CC3)cc21. The number of aromatic nitrogens is 1. The Morgan fingerprint density at radius 2 is 1.83 bits per heavy atom. The molecule has 1 fully saturated rings. The molecule has 0 aliphatic carbocycles. The van der Waals surface area contributed by atoms with Crippen molar-refractivity contribution in [3.8, 4) is 0 Å². The Hall–Kier alpha value is -2.94. The predicted octanol–water partition coefficient (Wildman–Crippen LogP) is 1.07. The van der Waals surface area contributed by atoms with E-state index < -0.39 is 17.2 Å². The van der Waals surface area contributed by atoms with Gasteiger partial charge in [-0.05, 0) is 19.1 Å². The fourth-order valence-corrected chi connectivity index (χ4v) is 3.54. The Bertz CT molecular complexity index is 1010. The number of pyridine rings is 1. The molecule has 1 amide bonds. The first-order valence-corrected chi connectivity index (χ1v) is 9.50. The van der Waals surface area contributed by atoms with Crippen LogP contribution in [0.2, 0.25) is 0 Å². The van der Waals surface area contributed by atoms with Crippen LogP contribution in [0.1, 0.15) is 17.3 Å². The minimum Gasteiger partial charge on any atom is -0.477 e. The molecule has 1 aliphatic heterocycles. The number of benzene rings is 1. The van der Waals surface area contributed by atoms with Crippen molar-refractivity contribution < 1.29 is 19.1 Å². The summed E-state index contributed by atoms with van der Waals surface area (Å²) in [6, 6.07) is 2.75. The maximum Gasteiger partial charge on any atom is 0.341 e. The molecular weight excluding hydrogens is 379 g/mol. The van der Waals surface area contributed by atoms with Gasteiger partial charge in [0.05, 0.1) is 17.7 Å². The molecule has 2 aromatic rings. The first-order valence-electron chi connectivity index (χ1n) is 9.50. The molecule has 0 atom stereocenters. The molecule has 1 saturated heterocycles. The first-order chi connectivity index (χ1) is 13.7. The normalized spacial score (nSPS) is 15.0. The van der Waals surface area contributed by atoms with E-state index in [1.165, 1.54) is 6.20 Å². The average molecular weight is 404 g/mol. The van der Waals surface area contributed by atoms with Gasteiger partial charge in [0.15, 0.2) is 0 Å². The number of rotatable bonds is 5. The van der Waals surface area contributed by atoms with Crippen LogP contribution < -0.4 is 10.3 Å². The summed E-state index contributed by atoms with van der Waals surface area (Å²) in [5.74, 6) is -1.86. The van der Waals surface area contributed by atoms with Gasteiger partial charge in [-0.1, -0.05) is 0 Å². The fourth-order valence-electron chi connectivity index (χ4n) is 3.54. The molecule has 1 N–H and O–H groups in total. The van der Waals surface area contributed by atoms with Crippen molar-refractivity contribution in [3.63, 3.8) is 0 Å². The van der Waals surface area contributed by atoms with Crippen molar-refractivity contribution in [1.82, 2.24) is 14.4 Å². The zero-order valence-corrected chi connectivity index (χ0v) is 16.8. The summed E-state index contributed by atoms with van der Waals surface area (Å²) >= 11 is 0. The number of carboxylic acids is 1. The summed E-state index contributed by atoms with van der Waals surface area (Å²) in [5.41, 5.74) is -0.176. The highest BCUT2D eigenvalue weighted by atomic mass is 19.1. The van der Waals surface area contributed by atoms with E-state index in [1.807, 2.05) is 16.7 Å². The highest BCUT2D eigenvalue weighted by Crippen LogP contribution is 2.26. The number of carbonyl (C=O) groups excluding carboxylic acids is 1. The summed E-state index contributed by atoms with van der Waals surface area (Å²) in [7, 11) is 3.43. The number of nitrogens with zero attached hydrogens (tertiary/aromatic N) is 4. The fraction of sp³-hybridized carbons (Fsp3) is 0.450. The average Bonchev–Trinajstić information content (AvgIpc) is 2.68. The quantitative estimate of drug-likeness (QED) is 0.802. The van der Waals surface area contributed by atoms with Gasteiger partial charge in [0, 0.05) is 58.4 Å². The molecule has 3 rings (SSSR count). The van der Waals surface area contributed by atoms with E-state index in [4.69, 9.17) is 0 Å². The lowest BCUT2D eigenvalue weighted by Gasteiger charge is -2.36. The molecule has 1 aliphatic rings. The number of hydrogen-bond acceptors (Lipinski definition) is 5. The molecule has 156 valence electrons. The lowest BCUT2D eigenvalue weighted by atomic mass is 10.1. The Morgan fingerprint density at radius 3 is 2.38 bits per heavy atom. The summed E-state index contributed by atoms with van der Waals surface area (Å²) in [4.78, 5) is 41.1. The van der Waals surface area contributed by atoms with Crippen LogP contribution in [0.3, 0.4) is 0 Å². The second kappa shape index (κ2) is 8.20. The van der Waals surface area contributed by atoms with Gasteiger partial charge >= 0.3 is 5.97 Å². The predicted molar refractivity (Wildman–Crippen MR) is 108 cm³/mol. The Labute approximate surface area is 167 Å². The van der Waals surface area contributed by atoms with E-state index in [1.54, 1.807) is 29.6 Å². The van der Waals surface area contributed by atoms with Gasteiger partial charge in [0.2, 0.25) is 11.3 Å². The number of fused-ring (bicyclic) bond motifs is 1. The van der Waals surface area contributed by atoms with Crippen LogP contribution in [0.25, 0.3) is 10.9 Å². The smallest absolute Gasteiger partial charge is 0.341 e. The molecule has 0 unspecified atom stereocenters. The van der Waals surface area contributed by atoms with Gasteiger partial charge < -0.3 is 19.5 Å². The molecule has 0 radical (unpaired) electrons. The molecule has 8 nitrogen and oxygen atoms in total. The number of amides is 1. The Balaban J connectivity index is 1.91. The second-order valence-electron chi connectivity index (χ2n) is 7.34. The number of carboxylic acid groups (broad SMARTS) is 1. The highest BCUT2D eigenvalue weighted by molar-refractivity contribution is 5.93. The molecule has 1 aromatic carbocycles. The van der Waals surface area contributed by atoms with Crippen LogP contribution in [0.15, 0.2) is 23.1 Å². The van der Waals surface area contributed by atoms with Crippen LogP contribution in [-0.2, 0) is 11.3 Å². The van der Waals surface area contributed by atoms with Gasteiger partial charge in [-0.15, -0.1) is 0 Å². The third-order valence-electron chi connectivity index (χ3n) is 5.29. The Kier molecular flexibility index (Phi) is 5.88. The van der Waals surface area contributed by atoms with E-state index in [0.29, 0.717) is 50.5 Å². The number of halogens is 1. The number of hydrogen-bond donors (Lipinski definition) is 1. The first kappa shape index (κ1) is 20.8. The van der Waals surface area contributed by atoms with E-state index in [2.05, 4.69) is 0 Å². The molecule has 2 heterocycles. The summed E-state index contributed by atoms with van der Waals surface area (Å²) in [6.07, 6.45) is 1.31. The van der Waals surface area contributed by atoms with Crippen molar-refractivity contribution in [2.45, 2.75) is 13.5 Å². The van der Waals surface area contributed by atoms with Crippen molar-refractivity contribution in [2.75, 3.05) is 51.7 Å². The molecule has 0 bridgehead atoms. The zero-order valence-electron chi connectivity index (χ0n) is 16.8. The Morgan fingerprint density at radius 1 is 1.17 bits per heavy atom. The maximum absolute atomic E-state index is 14.9. The molecular formula is C20H25FN4O4. The maximum atomic E-state index is 14.9. The van der Waals surface area contributed by atoms with Crippen molar-refractivity contribution >= 4 is 28.5 Å². The second-order valence-corrected chi connectivity index (χ2v) is 7.34. The van der Waals surface area contributed by atoms with Crippen molar-refractivity contribution in [1.29, 1.82) is 0 Å². The summed E-state index contributed by atoms with van der Waals surface area (Å²) < 4.78 is 16.5. The van der Waals surface area contributed by atoms with Gasteiger partial charge in [0.1, 0.15) is 11.4 Å². The molecule has 0 spiro atoms. The molecule has 1 aromatic heterocycles. The van der Waals surface area contributed by atoms with E-state index in [0.717, 1.165) is 6.07 Å². The van der Waals surface area contributed by atoms with Gasteiger partial charge in [0.25, 0.3) is 0 Å². The summed E-state index contributed by atoms with van der Waals surface area (Å²) in [6.45, 7) is 4.95. The van der Waals surface area contributed by atoms with Crippen molar-refractivity contribution in [3.05, 3.63) is 39.9 Å². The van der Waals surface area contributed by atoms with Crippen LogP contribution in [-0.4, -0.2) is 78.2 Å². The standard InChI is InChI=1S/C20H25FN4O4/c1-4-24-11-14(20(28)29)19(27)13-9-15(21)17(10-16(13)24)25-7-5-23(6-8-25)12-18(26)22(2)3/h9-11H,4-8,12H2,1-3H3,(H,28,29). The van der Waals surface area contributed by atoms with Crippen molar-refractivity contribution in [2.24, 2.45) is 0 Å². The van der Waals surface area contributed by atoms with E-state index >= 15 is 0 Å². The van der Waals surface area contributed by atoms with Crippen LogP contribution >= 0.6 is 0 Å². The number of piperazine rings is 1. The number of carbonyl (C=O) groups is 2. The topological polar surface area (TPSA) is 86.1 Å². The molecule has 29 heavy (non-hydrogen) atoms. The van der Waals surface area contributed by atoms with Crippen LogP contribution in [0.5, 0.6) is 0 Å². The molecule has 0 saturated carbocycles. The van der Waals surface area contributed by atoms with Crippen LogP contribution in [0.4, 0.5) is 10.1 Å². The van der Waals surface area contributed by atoms with Gasteiger partial charge in [-0.2, -0.15) is 0 Å². The lowest BCUT2D eigenvalue weighted by molar-refractivity contribution is -0.129. The number of aryl methyl sites for hydroxylation is 1. The largest absolute Gasteiger partial charge is 0.477 e. The van der Waals surface area contributed by atoms with Crippen LogP contribution in [0, 0.1) is 5.82 Å². The monoisotopic (exact) mass is 404 g/mol. The number of likely N-dealkylation sites (N-methyl/N-ethyl adjacent to an activating group) is 1. The van der Waals surface area contributed by atoms with E-state index in [-0.39, 0.29) is 16.9 Å². The van der Waals surface area contributed by atoms with E-state index in [9.17, 15) is 23.9 Å². The number of anilines is 1.